The van der Waals surface area contributed by atoms with Crippen LogP contribution in [-0.4, -0.2) is 19.9 Å². The zero-order valence-electron chi connectivity index (χ0n) is 12.0. The Balaban J connectivity index is 1.61. The largest absolute Gasteiger partial charge is 0.437 e. The lowest BCUT2D eigenvalue weighted by atomic mass is 10.2. The first-order chi connectivity index (χ1) is 11.7. The van der Waals surface area contributed by atoms with Crippen LogP contribution in [0.25, 0.3) is 22.2 Å². The van der Waals surface area contributed by atoms with Crippen LogP contribution in [0, 0.1) is 0 Å². The average molecular weight is 361 g/mol. The Kier molecular flexibility index (Phi) is 3.75. The smallest absolute Gasteiger partial charge is 0.387 e. The molecular formula is C15H9ClN4O3S. The quantitative estimate of drug-likeness (QED) is 0.555. The molecule has 1 aromatic carbocycles. The Bertz CT molecular complexity index is 1040. The minimum Gasteiger partial charge on any atom is -0.387 e. The van der Waals surface area contributed by atoms with Crippen molar-refractivity contribution >= 4 is 22.9 Å². The summed E-state index contributed by atoms with van der Waals surface area (Å²) in [6.07, 6.45) is 0. The van der Waals surface area contributed by atoms with E-state index in [1.807, 2.05) is 29.6 Å². The number of hydrogen-bond donors (Lipinski definition) is 0. The number of nitrogens with zero attached hydrogens (tertiary/aromatic N) is 4. The summed E-state index contributed by atoms with van der Waals surface area (Å²) in [7, 11) is 0. The molecule has 7 nitrogen and oxygen atoms in total. The zero-order chi connectivity index (χ0) is 16.5. The van der Waals surface area contributed by atoms with Crippen molar-refractivity contribution in [3.8, 4) is 22.2 Å². The molecule has 0 aliphatic heterocycles. The summed E-state index contributed by atoms with van der Waals surface area (Å²) in [6.45, 7) is 0.0433. The van der Waals surface area contributed by atoms with Gasteiger partial charge in [0.25, 0.3) is 11.8 Å². The number of aromatic nitrogens is 4. The molecule has 0 unspecified atom stereocenters. The van der Waals surface area contributed by atoms with E-state index in [0.29, 0.717) is 16.4 Å². The lowest BCUT2D eigenvalue weighted by molar-refractivity contribution is 0.415. The van der Waals surface area contributed by atoms with Crippen molar-refractivity contribution in [2.24, 2.45) is 0 Å². The van der Waals surface area contributed by atoms with Crippen molar-refractivity contribution in [2.45, 2.75) is 6.54 Å². The van der Waals surface area contributed by atoms with Crippen molar-refractivity contribution in [1.29, 1.82) is 0 Å². The predicted octanol–water partition coefficient (Wildman–Crippen LogP) is 3.32. The van der Waals surface area contributed by atoms with Gasteiger partial charge in [-0.15, -0.1) is 16.4 Å². The van der Waals surface area contributed by atoms with E-state index >= 15 is 0 Å². The first kappa shape index (κ1) is 14.9. The van der Waals surface area contributed by atoms with E-state index in [9.17, 15) is 4.79 Å². The maximum Gasteiger partial charge on any atom is 0.437 e. The molecule has 24 heavy (non-hydrogen) atoms. The van der Waals surface area contributed by atoms with E-state index in [1.54, 1.807) is 12.1 Å². The Morgan fingerprint density at radius 3 is 2.83 bits per heavy atom. The van der Waals surface area contributed by atoms with E-state index in [4.69, 9.17) is 20.5 Å². The van der Waals surface area contributed by atoms with E-state index < -0.39 is 5.76 Å². The van der Waals surface area contributed by atoms with Gasteiger partial charge in [-0.25, -0.2) is 4.79 Å². The molecule has 120 valence electrons. The number of hydrogen-bond acceptors (Lipinski definition) is 7. The molecule has 0 saturated heterocycles. The molecular weight excluding hydrogens is 352 g/mol. The molecule has 3 heterocycles. The van der Waals surface area contributed by atoms with Gasteiger partial charge in [0, 0.05) is 0 Å². The van der Waals surface area contributed by atoms with Crippen molar-refractivity contribution in [3.63, 3.8) is 0 Å². The second-order valence-corrected chi connectivity index (χ2v) is 6.16. The Morgan fingerprint density at radius 1 is 1.17 bits per heavy atom. The second-order valence-electron chi connectivity index (χ2n) is 4.80. The third-order valence-corrected chi connectivity index (χ3v) is 4.39. The summed E-state index contributed by atoms with van der Waals surface area (Å²) in [5.41, 5.74) is 0.629. The van der Waals surface area contributed by atoms with E-state index in [2.05, 4.69) is 15.2 Å². The molecule has 0 spiro atoms. The monoisotopic (exact) mass is 360 g/mol. The van der Waals surface area contributed by atoms with Crippen molar-refractivity contribution in [1.82, 2.24) is 19.9 Å². The summed E-state index contributed by atoms with van der Waals surface area (Å²) >= 11 is 7.54. The standard InChI is InChI=1S/C15H9ClN4O3S/c16-10-5-2-1-4-9(10)13-17-12(19-23-13)8-20-15(21)22-14(18-20)11-6-3-7-24-11/h1-7H,8H2. The molecule has 0 bridgehead atoms. The van der Waals surface area contributed by atoms with Crippen LogP contribution >= 0.6 is 22.9 Å². The van der Waals surface area contributed by atoms with Crippen LogP contribution in [0.1, 0.15) is 5.82 Å². The highest BCUT2D eigenvalue weighted by Crippen LogP contribution is 2.26. The normalized spacial score (nSPS) is 11.0. The molecule has 0 fully saturated rings. The second kappa shape index (κ2) is 6.06. The molecule has 4 rings (SSSR count). The Labute approximate surface area is 144 Å². The summed E-state index contributed by atoms with van der Waals surface area (Å²) in [5, 5.41) is 10.4. The molecule has 0 aliphatic carbocycles. The lowest BCUT2D eigenvalue weighted by Gasteiger charge is -1.95. The van der Waals surface area contributed by atoms with Gasteiger partial charge in [0.15, 0.2) is 5.82 Å². The highest BCUT2D eigenvalue weighted by Gasteiger charge is 2.16. The summed E-state index contributed by atoms with van der Waals surface area (Å²) in [6, 6.07) is 10.8. The van der Waals surface area contributed by atoms with E-state index in [-0.39, 0.29) is 18.3 Å². The molecule has 0 aliphatic rings. The highest BCUT2D eigenvalue weighted by molar-refractivity contribution is 7.13. The van der Waals surface area contributed by atoms with Crippen LogP contribution in [0.2, 0.25) is 5.02 Å². The molecule has 0 atom stereocenters. The van der Waals surface area contributed by atoms with Crippen LogP contribution in [0.5, 0.6) is 0 Å². The average Bonchev–Trinajstić information content (AvgIpc) is 3.30. The van der Waals surface area contributed by atoms with Crippen molar-refractivity contribution in [3.05, 3.63) is 63.2 Å². The molecule has 4 aromatic rings. The summed E-state index contributed by atoms with van der Waals surface area (Å²) in [4.78, 5) is 16.9. The fourth-order valence-electron chi connectivity index (χ4n) is 2.10. The fourth-order valence-corrected chi connectivity index (χ4v) is 2.96. The van der Waals surface area contributed by atoms with Gasteiger partial charge in [-0.2, -0.15) is 9.67 Å². The molecule has 9 heteroatoms. The van der Waals surface area contributed by atoms with E-state index in [0.717, 1.165) is 9.56 Å². The van der Waals surface area contributed by atoms with Gasteiger partial charge in [-0.05, 0) is 23.6 Å². The van der Waals surface area contributed by atoms with Crippen molar-refractivity contribution in [2.75, 3.05) is 0 Å². The van der Waals surface area contributed by atoms with Gasteiger partial charge < -0.3 is 8.94 Å². The minimum atomic E-state index is -0.581. The van der Waals surface area contributed by atoms with Gasteiger partial charge in [0.1, 0.15) is 6.54 Å². The molecule has 0 radical (unpaired) electrons. The van der Waals surface area contributed by atoms with Gasteiger partial charge in [-0.3, -0.25) is 0 Å². The van der Waals surface area contributed by atoms with Gasteiger partial charge in [0.2, 0.25) is 0 Å². The molecule has 0 saturated carbocycles. The van der Waals surface area contributed by atoms with Crippen LogP contribution in [0.4, 0.5) is 0 Å². The van der Waals surface area contributed by atoms with Crippen LogP contribution in [0.3, 0.4) is 0 Å². The molecule has 0 N–H and O–H groups in total. The van der Waals surface area contributed by atoms with Gasteiger partial charge >= 0.3 is 5.76 Å². The third-order valence-electron chi connectivity index (χ3n) is 3.20. The zero-order valence-corrected chi connectivity index (χ0v) is 13.6. The Morgan fingerprint density at radius 2 is 2.04 bits per heavy atom. The predicted molar refractivity (Wildman–Crippen MR) is 87.9 cm³/mol. The number of halogens is 1. The lowest BCUT2D eigenvalue weighted by Crippen LogP contribution is -2.17. The van der Waals surface area contributed by atoms with Crippen LogP contribution in [0.15, 0.2) is 55.5 Å². The topological polar surface area (TPSA) is 87.0 Å². The van der Waals surface area contributed by atoms with E-state index in [1.165, 1.54) is 11.3 Å². The number of rotatable bonds is 4. The maximum absolute atomic E-state index is 11.9. The van der Waals surface area contributed by atoms with Gasteiger partial charge in [-0.1, -0.05) is 35.0 Å². The number of benzene rings is 1. The van der Waals surface area contributed by atoms with Crippen molar-refractivity contribution < 1.29 is 8.94 Å². The highest BCUT2D eigenvalue weighted by atomic mass is 35.5. The summed E-state index contributed by atoms with van der Waals surface area (Å²) in [5.74, 6) is 0.274. The van der Waals surface area contributed by atoms with Crippen LogP contribution in [-0.2, 0) is 6.54 Å². The van der Waals surface area contributed by atoms with Gasteiger partial charge in [0.05, 0.1) is 15.5 Å². The maximum atomic E-state index is 11.9. The molecule has 3 aromatic heterocycles. The minimum absolute atomic E-state index is 0.0433. The fraction of sp³-hybridized carbons (Fsp3) is 0.0667. The first-order valence-electron chi connectivity index (χ1n) is 6.90. The van der Waals surface area contributed by atoms with Crippen LogP contribution < -0.4 is 5.76 Å². The third kappa shape index (κ3) is 2.77. The first-order valence-corrected chi connectivity index (χ1v) is 8.16. The Hall–Kier alpha value is -2.71. The molecule has 0 amide bonds. The number of thiophene rings is 1. The SMILES string of the molecule is O=c1oc(-c2cccs2)nn1Cc1noc(-c2ccccc2Cl)n1. The summed E-state index contributed by atoms with van der Waals surface area (Å²) < 4.78 is 11.5.